The van der Waals surface area contributed by atoms with Gasteiger partial charge in [0.05, 0.1) is 24.2 Å². The third-order valence-electron chi connectivity index (χ3n) is 5.53. The quantitative estimate of drug-likeness (QED) is 0.685. The van der Waals surface area contributed by atoms with Crippen molar-refractivity contribution < 1.29 is 14.3 Å². The second-order valence-corrected chi connectivity index (χ2v) is 7.57. The van der Waals surface area contributed by atoms with E-state index in [2.05, 4.69) is 14.8 Å². The van der Waals surface area contributed by atoms with Crippen molar-refractivity contribution in [2.24, 2.45) is 7.05 Å². The highest BCUT2D eigenvalue weighted by Crippen LogP contribution is 2.21. The van der Waals surface area contributed by atoms with E-state index in [1.54, 1.807) is 17.0 Å². The number of aromatic nitrogens is 2. The number of carbonyl (C=O) groups excluding carboxylic acids is 2. The molecule has 1 saturated heterocycles. The minimum atomic E-state index is -0.241. The number of carbonyl (C=O) groups is 2. The number of piperazine rings is 1. The first-order valence-corrected chi connectivity index (χ1v) is 10.5. The van der Waals surface area contributed by atoms with Gasteiger partial charge in [0.2, 0.25) is 0 Å². The number of hydrogen-bond acceptors (Lipinski definition) is 5. The summed E-state index contributed by atoms with van der Waals surface area (Å²) < 4.78 is 7.16. The van der Waals surface area contributed by atoms with Crippen LogP contribution in [0, 0.1) is 0 Å². The molecule has 31 heavy (non-hydrogen) atoms. The summed E-state index contributed by atoms with van der Waals surface area (Å²) in [5, 5.41) is 2.94. The van der Waals surface area contributed by atoms with Crippen molar-refractivity contribution in [3.63, 3.8) is 0 Å². The van der Waals surface area contributed by atoms with Gasteiger partial charge in [-0.1, -0.05) is 18.2 Å². The van der Waals surface area contributed by atoms with Crippen LogP contribution < -0.4 is 5.32 Å². The summed E-state index contributed by atoms with van der Waals surface area (Å²) >= 11 is 0. The third-order valence-corrected chi connectivity index (χ3v) is 5.53. The van der Waals surface area contributed by atoms with Gasteiger partial charge < -0.3 is 19.5 Å². The van der Waals surface area contributed by atoms with Crippen LogP contribution in [0.2, 0.25) is 0 Å². The molecule has 0 radical (unpaired) electrons. The van der Waals surface area contributed by atoms with Crippen LogP contribution in [0.3, 0.4) is 0 Å². The molecule has 2 amide bonds. The van der Waals surface area contributed by atoms with Crippen molar-refractivity contribution in [3.8, 4) is 0 Å². The average molecular weight is 422 g/mol. The van der Waals surface area contributed by atoms with Gasteiger partial charge in [-0.2, -0.15) is 0 Å². The number of anilines is 1. The highest BCUT2D eigenvalue weighted by atomic mass is 16.6. The first-order chi connectivity index (χ1) is 15.0. The van der Waals surface area contributed by atoms with Crippen LogP contribution in [-0.2, 0) is 18.3 Å². The Morgan fingerprint density at radius 3 is 2.52 bits per heavy atom. The van der Waals surface area contributed by atoms with Gasteiger partial charge in [0, 0.05) is 44.5 Å². The zero-order chi connectivity index (χ0) is 21.8. The normalized spacial score (nSPS) is 14.6. The summed E-state index contributed by atoms with van der Waals surface area (Å²) in [6.45, 7) is 5.77. The minimum absolute atomic E-state index is 0.143. The zero-order valence-electron chi connectivity index (χ0n) is 17.9. The molecule has 0 spiro atoms. The Labute approximate surface area is 181 Å². The number of hydrogen-bond donors (Lipinski definition) is 1. The fourth-order valence-electron chi connectivity index (χ4n) is 3.76. The zero-order valence-corrected chi connectivity index (χ0v) is 17.9. The molecule has 2 heterocycles. The topological polar surface area (TPSA) is 79.7 Å². The molecule has 3 aromatic rings. The summed E-state index contributed by atoms with van der Waals surface area (Å²) in [6, 6.07) is 14.9. The van der Waals surface area contributed by atoms with Crippen molar-refractivity contribution >= 4 is 28.7 Å². The summed E-state index contributed by atoms with van der Waals surface area (Å²) in [6.07, 6.45) is -0.241. The Hall–Kier alpha value is -3.39. The number of rotatable bonds is 5. The van der Waals surface area contributed by atoms with Crippen molar-refractivity contribution in [2.45, 2.75) is 13.5 Å². The average Bonchev–Trinajstić information content (AvgIpc) is 3.09. The Morgan fingerprint density at radius 2 is 1.81 bits per heavy atom. The number of benzene rings is 2. The lowest BCUT2D eigenvalue weighted by molar-refractivity contribution is 0.0770. The maximum atomic E-state index is 12.4. The third kappa shape index (κ3) is 4.69. The molecule has 0 atom stereocenters. The van der Waals surface area contributed by atoms with Crippen molar-refractivity contribution in [1.29, 1.82) is 0 Å². The Bertz CT molecular complexity index is 1070. The Morgan fingerprint density at radius 1 is 1.06 bits per heavy atom. The molecule has 4 rings (SSSR count). The number of amides is 2. The molecule has 0 saturated carbocycles. The molecule has 162 valence electrons. The number of nitrogens with one attached hydrogen (secondary N) is 1. The number of nitrogens with zero attached hydrogens (tertiary/aromatic N) is 4. The Kier molecular flexibility index (Phi) is 6.18. The molecule has 2 aromatic carbocycles. The summed E-state index contributed by atoms with van der Waals surface area (Å²) in [4.78, 5) is 33.1. The van der Waals surface area contributed by atoms with E-state index in [9.17, 15) is 9.59 Å². The smallest absolute Gasteiger partial charge is 0.409 e. The van der Waals surface area contributed by atoms with E-state index in [1.807, 2.05) is 50.4 Å². The van der Waals surface area contributed by atoms with Crippen LogP contribution in [-0.4, -0.2) is 64.1 Å². The van der Waals surface area contributed by atoms with Gasteiger partial charge in [-0.25, -0.2) is 9.78 Å². The van der Waals surface area contributed by atoms with Gasteiger partial charge >= 0.3 is 6.09 Å². The molecule has 8 nitrogen and oxygen atoms in total. The monoisotopic (exact) mass is 421 g/mol. The summed E-state index contributed by atoms with van der Waals surface area (Å²) in [7, 11) is 2.00. The molecule has 1 aromatic heterocycles. The van der Waals surface area contributed by atoms with E-state index in [-0.39, 0.29) is 12.0 Å². The lowest BCUT2D eigenvalue weighted by Gasteiger charge is -2.33. The van der Waals surface area contributed by atoms with Gasteiger partial charge in [0.1, 0.15) is 5.82 Å². The first kappa shape index (κ1) is 20.9. The van der Waals surface area contributed by atoms with Gasteiger partial charge in [-0.15, -0.1) is 0 Å². The van der Waals surface area contributed by atoms with Crippen LogP contribution in [0.4, 0.5) is 10.5 Å². The van der Waals surface area contributed by atoms with E-state index in [1.165, 1.54) is 0 Å². The predicted molar refractivity (Wildman–Crippen MR) is 119 cm³/mol. The maximum absolute atomic E-state index is 12.4. The second-order valence-electron chi connectivity index (χ2n) is 7.57. The highest BCUT2D eigenvalue weighted by molar-refractivity contribution is 6.04. The van der Waals surface area contributed by atoms with E-state index in [4.69, 9.17) is 9.72 Å². The SMILES string of the molecule is CCOC(=O)N1CCN(Cc2nc3cc(NC(=O)c4ccccc4)ccc3n2C)CC1. The lowest BCUT2D eigenvalue weighted by atomic mass is 10.2. The van der Waals surface area contributed by atoms with E-state index in [0.29, 0.717) is 37.5 Å². The predicted octanol–water partition coefficient (Wildman–Crippen LogP) is 3.10. The molecule has 1 N–H and O–H groups in total. The fourth-order valence-corrected chi connectivity index (χ4v) is 3.76. The van der Waals surface area contributed by atoms with E-state index < -0.39 is 0 Å². The van der Waals surface area contributed by atoms with Crippen LogP contribution >= 0.6 is 0 Å². The minimum Gasteiger partial charge on any atom is -0.450 e. The number of fused-ring (bicyclic) bond motifs is 1. The molecule has 1 aliphatic heterocycles. The molecule has 0 aliphatic carbocycles. The van der Waals surface area contributed by atoms with E-state index >= 15 is 0 Å². The molecule has 1 fully saturated rings. The molecule has 0 unspecified atom stereocenters. The van der Waals surface area contributed by atoms with Crippen LogP contribution in [0.1, 0.15) is 23.1 Å². The highest BCUT2D eigenvalue weighted by Gasteiger charge is 2.23. The van der Waals surface area contributed by atoms with Crippen LogP contribution in [0.15, 0.2) is 48.5 Å². The van der Waals surface area contributed by atoms with Crippen LogP contribution in [0.25, 0.3) is 11.0 Å². The number of aryl methyl sites for hydroxylation is 1. The molecule has 1 aliphatic rings. The van der Waals surface area contributed by atoms with Gasteiger partial charge in [0.25, 0.3) is 5.91 Å². The standard InChI is InChI=1S/C23H27N5O3/c1-3-31-23(30)28-13-11-27(12-14-28)16-21-25-19-15-18(9-10-20(19)26(21)2)24-22(29)17-7-5-4-6-8-17/h4-10,15H,3,11-14,16H2,1-2H3,(H,24,29). The largest absolute Gasteiger partial charge is 0.450 e. The molecule has 0 bridgehead atoms. The Balaban J connectivity index is 1.42. The summed E-state index contributed by atoms with van der Waals surface area (Å²) in [5.74, 6) is 0.807. The second kappa shape index (κ2) is 9.18. The van der Waals surface area contributed by atoms with Crippen molar-refractivity contribution in [3.05, 3.63) is 59.9 Å². The van der Waals surface area contributed by atoms with Gasteiger partial charge in [-0.05, 0) is 37.3 Å². The number of imidazole rings is 1. The maximum Gasteiger partial charge on any atom is 0.409 e. The van der Waals surface area contributed by atoms with Crippen LogP contribution in [0.5, 0.6) is 0 Å². The van der Waals surface area contributed by atoms with E-state index in [0.717, 1.165) is 29.9 Å². The molecular weight excluding hydrogens is 394 g/mol. The van der Waals surface area contributed by atoms with Gasteiger partial charge in [0.15, 0.2) is 0 Å². The fraction of sp³-hybridized carbons (Fsp3) is 0.348. The molecule has 8 heteroatoms. The van der Waals surface area contributed by atoms with Crippen molar-refractivity contribution in [1.82, 2.24) is 19.4 Å². The summed E-state index contributed by atoms with van der Waals surface area (Å²) in [5.41, 5.74) is 3.19. The lowest BCUT2D eigenvalue weighted by Crippen LogP contribution is -2.48. The molecular formula is C23H27N5O3. The number of ether oxygens (including phenoxy) is 1. The van der Waals surface area contributed by atoms with Gasteiger partial charge in [-0.3, -0.25) is 9.69 Å². The van der Waals surface area contributed by atoms with Crippen molar-refractivity contribution in [2.75, 3.05) is 38.1 Å². The first-order valence-electron chi connectivity index (χ1n) is 10.5.